The van der Waals surface area contributed by atoms with Crippen LogP contribution in [-0.2, 0) is 11.2 Å². The molecule has 0 spiro atoms. The Morgan fingerprint density at radius 1 is 1.56 bits per heavy atom. The van der Waals surface area contributed by atoms with E-state index in [1.807, 2.05) is 13.0 Å². The van der Waals surface area contributed by atoms with Gasteiger partial charge in [-0.3, -0.25) is 4.79 Å². The van der Waals surface area contributed by atoms with E-state index in [1.54, 1.807) is 6.92 Å². The fourth-order valence-corrected chi connectivity index (χ4v) is 2.12. The first kappa shape index (κ1) is 14.4. The number of carboxylic acid groups (broad SMARTS) is 1. The zero-order valence-electron chi connectivity index (χ0n) is 10.4. The van der Waals surface area contributed by atoms with Crippen molar-refractivity contribution in [2.24, 2.45) is 0 Å². The predicted octanol–water partition coefficient (Wildman–Crippen LogP) is 1.86. The van der Waals surface area contributed by atoms with Gasteiger partial charge in [0.2, 0.25) is 5.91 Å². The summed E-state index contributed by atoms with van der Waals surface area (Å²) in [7, 11) is 0. The van der Waals surface area contributed by atoms with Gasteiger partial charge in [-0.1, -0.05) is 13.0 Å². The maximum absolute atomic E-state index is 11.5. The molecule has 0 fully saturated rings. The van der Waals surface area contributed by atoms with Crippen LogP contribution in [0.2, 0.25) is 0 Å². The molecule has 0 radical (unpaired) electrons. The lowest BCUT2D eigenvalue weighted by Gasteiger charge is -2.03. The normalized spacial score (nSPS) is 11.3. The Labute approximate surface area is 110 Å². The summed E-state index contributed by atoms with van der Waals surface area (Å²) in [6.07, 6.45) is 3.23. The number of carbonyl (C=O) groups excluding carboxylic acids is 1. The van der Waals surface area contributed by atoms with Gasteiger partial charge in [0, 0.05) is 23.9 Å². The van der Waals surface area contributed by atoms with Crippen molar-refractivity contribution >= 4 is 23.2 Å². The summed E-state index contributed by atoms with van der Waals surface area (Å²) in [5.74, 6) is -1.12. The van der Waals surface area contributed by atoms with Crippen molar-refractivity contribution < 1.29 is 14.7 Å². The number of amides is 1. The molecule has 98 valence electrons. The van der Waals surface area contributed by atoms with Gasteiger partial charge in [0.25, 0.3) is 0 Å². The largest absolute Gasteiger partial charge is 0.476 e. The third kappa shape index (κ3) is 4.29. The Morgan fingerprint density at radius 3 is 2.83 bits per heavy atom. The number of nitrogens with zero attached hydrogens (tertiary/aromatic N) is 1. The number of aromatic nitrogens is 1. The molecule has 0 bridgehead atoms. The lowest BCUT2D eigenvalue weighted by Crippen LogP contribution is -2.26. The van der Waals surface area contributed by atoms with Crippen molar-refractivity contribution in [2.45, 2.75) is 26.7 Å². The van der Waals surface area contributed by atoms with Gasteiger partial charge >= 0.3 is 5.97 Å². The summed E-state index contributed by atoms with van der Waals surface area (Å²) in [4.78, 5) is 26.1. The van der Waals surface area contributed by atoms with Crippen molar-refractivity contribution in [1.29, 1.82) is 0 Å². The topological polar surface area (TPSA) is 79.3 Å². The molecular weight excluding hydrogens is 252 g/mol. The van der Waals surface area contributed by atoms with E-state index in [-0.39, 0.29) is 11.6 Å². The molecule has 1 amide bonds. The standard InChI is InChI=1S/C12H16N2O3S/c1-3-4-8(2)11(15)13-6-5-10-14-9(7-18-10)12(16)17/h4,7H,3,5-6H2,1-2H3,(H,13,15)(H,16,17)/b8-4+. The van der Waals surface area contributed by atoms with Crippen LogP contribution in [0.3, 0.4) is 0 Å². The van der Waals surface area contributed by atoms with Gasteiger partial charge in [-0.05, 0) is 13.3 Å². The summed E-state index contributed by atoms with van der Waals surface area (Å²) >= 11 is 1.29. The van der Waals surface area contributed by atoms with Crippen molar-refractivity contribution in [3.8, 4) is 0 Å². The quantitative estimate of drug-likeness (QED) is 0.772. The first-order valence-electron chi connectivity index (χ1n) is 5.67. The molecule has 5 nitrogen and oxygen atoms in total. The second kappa shape index (κ2) is 6.90. The minimum Gasteiger partial charge on any atom is -0.476 e. The number of allylic oxidation sites excluding steroid dienone is 1. The first-order valence-corrected chi connectivity index (χ1v) is 6.55. The smallest absolute Gasteiger partial charge is 0.355 e. The molecule has 1 heterocycles. The van der Waals surface area contributed by atoms with Gasteiger partial charge in [-0.25, -0.2) is 9.78 Å². The molecule has 0 aromatic carbocycles. The van der Waals surface area contributed by atoms with E-state index in [9.17, 15) is 9.59 Å². The van der Waals surface area contributed by atoms with Crippen LogP contribution in [-0.4, -0.2) is 28.5 Å². The van der Waals surface area contributed by atoms with Crippen LogP contribution in [0.25, 0.3) is 0 Å². The predicted molar refractivity (Wildman–Crippen MR) is 69.8 cm³/mol. The van der Waals surface area contributed by atoms with Crippen LogP contribution in [0.4, 0.5) is 0 Å². The van der Waals surface area contributed by atoms with Crippen molar-refractivity contribution in [3.63, 3.8) is 0 Å². The van der Waals surface area contributed by atoms with E-state index in [4.69, 9.17) is 5.11 Å². The van der Waals surface area contributed by atoms with E-state index in [2.05, 4.69) is 10.3 Å². The van der Waals surface area contributed by atoms with Crippen molar-refractivity contribution in [3.05, 3.63) is 27.7 Å². The average Bonchev–Trinajstić information content (AvgIpc) is 2.78. The number of carboxylic acids is 1. The molecular formula is C12H16N2O3S. The molecule has 18 heavy (non-hydrogen) atoms. The molecule has 0 aliphatic rings. The number of nitrogens with one attached hydrogen (secondary N) is 1. The van der Waals surface area contributed by atoms with Gasteiger partial charge in [-0.15, -0.1) is 11.3 Å². The van der Waals surface area contributed by atoms with E-state index < -0.39 is 5.97 Å². The van der Waals surface area contributed by atoms with Gasteiger partial charge < -0.3 is 10.4 Å². The highest BCUT2D eigenvalue weighted by Crippen LogP contribution is 2.09. The maximum atomic E-state index is 11.5. The molecule has 6 heteroatoms. The molecule has 0 saturated carbocycles. The van der Waals surface area contributed by atoms with E-state index in [1.165, 1.54) is 16.7 Å². The zero-order valence-corrected chi connectivity index (χ0v) is 11.2. The Hall–Kier alpha value is -1.69. The second-order valence-corrected chi connectivity index (χ2v) is 4.68. The third-order valence-electron chi connectivity index (χ3n) is 2.26. The van der Waals surface area contributed by atoms with Gasteiger partial charge in [-0.2, -0.15) is 0 Å². The molecule has 1 rings (SSSR count). The summed E-state index contributed by atoms with van der Waals surface area (Å²) < 4.78 is 0. The van der Waals surface area contributed by atoms with Crippen molar-refractivity contribution in [1.82, 2.24) is 10.3 Å². The molecule has 1 aromatic rings. The summed E-state index contributed by atoms with van der Waals surface area (Å²) in [6, 6.07) is 0. The number of aromatic carboxylic acids is 1. The lowest BCUT2D eigenvalue weighted by molar-refractivity contribution is -0.117. The molecule has 0 unspecified atom stereocenters. The van der Waals surface area contributed by atoms with Gasteiger partial charge in [0.15, 0.2) is 5.69 Å². The molecule has 0 aliphatic heterocycles. The lowest BCUT2D eigenvalue weighted by atomic mass is 10.2. The highest BCUT2D eigenvalue weighted by Gasteiger charge is 2.09. The number of thiazole rings is 1. The summed E-state index contributed by atoms with van der Waals surface area (Å²) in [5, 5.41) is 13.7. The van der Waals surface area contributed by atoms with Crippen LogP contribution in [0, 0.1) is 0 Å². The van der Waals surface area contributed by atoms with Crippen LogP contribution < -0.4 is 5.32 Å². The van der Waals surface area contributed by atoms with Crippen LogP contribution in [0.15, 0.2) is 17.0 Å². The van der Waals surface area contributed by atoms with E-state index in [0.29, 0.717) is 23.5 Å². The molecule has 0 aliphatic carbocycles. The van der Waals surface area contributed by atoms with Crippen LogP contribution in [0.5, 0.6) is 0 Å². The van der Waals surface area contributed by atoms with Crippen LogP contribution in [0.1, 0.15) is 35.8 Å². The fourth-order valence-electron chi connectivity index (χ4n) is 1.35. The number of hydrogen-bond donors (Lipinski definition) is 2. The van der Waals surface area contributed by atoms with E-state index >= 15 is 0 Å². The first-order chi connectivity index (χ1) is 8.54. The summed E-state index contributed by atoms with van der Waals surface area (Å²) in [5.41, 5.74) is 0.756. The average molecular weight is 268 g/mol. The Balaban J connectivity index is 2.39. The molecule has 0 saturated heterocycles. The monoisotopic (exact) mass is 268 g/mol. The maximum Gasteiger partial charge on any atom is 0.355 e. The number of carbonyl (C=O) groups is 2. The summed E-state index contributed by atoms with van der Waals surface area (Å²) in [6.45, 7) is 4.20. The second-order valence-electron chi connectivity index (χ2n) is 3.73. The molecule has 0 atom stereocenters. The minimum atomic E-state index is -1.02. The fraction of sp³-hybridized carbons (Fsp3) is 0.417. The SMILES string of the molecule is CC/C=C(\C)C(=O)NCCc1nc(C(=O)O)cs1. The minimum absolute atomic E-state index is 0.0587. The Morgan fingerprint density at radius 2 is 2.28 bits per heavy atom. The Bertz CT molecular complexity index is 466. The molecule has 2 N–H and O–H groups in total. The third-order valence-corrected chi connectivity index (χ3v) is 3.17. The molecule has 1 aromatic heterocycles. The number of rotatable bonds is 6. The highest BCUT2D eigenvalue weighted by molar-refractivity contribution is 7.09. The highest BCUT2D eigenvalue weighted by atomic mass is 32.1. The zero-order chi connectivity index (χ0) is 13.5. The van der Waals surface area contributed by atoms with E-state index in [0.717, 1.165) is 6.42 Å². The van der Waals surface area contributed by atoms with Crippen LogP contribution >= 0.6 is 11.3 Å². The Kier molecular flexibility index (Phi) is 5.51. The van der Waals surface area contributed by atoms with Crippen molar-refractivity contribution in [2.75, 3.05) is 6.54 Å². The van der Waals surface area contributed by atoms with Gasteiger partial charge in [0.1, 0.15) is 0 Å². The number of hydrogen-bond acceptors (Lipinski definition) is 4. The van der Waals surface area contributed by atoms with Gasteiger partial charge in [0.05, 0.1) is 5.01 Å².